The van der Waals surface area contributed by atoms with Crippen molar-refractivity contribution >= 4 is 11.6 Å². The molecule has 3 heteroatoms. The van der Waals surface area contributed by atoms with Crippen molar-refractivity contribution in [2.24, 2.45) is 5.92 Å². The molecule has 0 spiro atoms. The second-order valence-electron chi connectivity index (χ2n) is 3.71. The van der Waals surface area contributed by atoms with Crippen molar-refractivity contribution in [1.29, 1.82) is 0 Å². The number of amides is 1. The van der Waals surface area contributed by atoms with Crippen molar-refractivity contribution in [2.75, 3.05) is 5.32 Å². The van der Waals surface area contributed by atoms with Crippen LogP contribution in [0.3, 0.4) is 0 Å². The van der Waals surface area contributed by atoms with Crippen molar-refractivity contribution in [1.82, 2.24) is 4.98 Å². The van der Waals surface area contributed by atoms with Crippen LogP contribution in [-0.4, -0.2) is 10.9 Å². The fourth-order valence-corrected chi connectivity index (χ4v) is 1.71. The Kier molecular flexibility index (Phi) is 3.12. The minimum absolute atomic E-state index is 0.104. The molecule has 0 saturated carbocycles. The van der Waals surface area contributed by atoms with E-state index < -0.39 is 0 Å². The Hall–Kier alpha value is -1.64. The average Bonchev–Trinajstić information content (AvgIpc) is 2.31. The highest BCUT2D eigenvalue weighted by atomic mass is 16.1. The SMILES string of the molecule is O=C(Nc1cccnc1)[C@@H]1CC=CCC1. The third-order valence-corrected chi connectivity index (χ3v) is 2.57. The summed E-state index contributed by atoms with van der Waals surface area (Å²) in [7, 11) is 0. The zero-order chi connectivity index (χ0) is 10.5. The van der Waals surface area contributed by atoms with E-state index in [9.17, 15) is 4.79 Å². The van der Waals surface area contributed by atoms with E-state index in [1.54, 1.807) is 12.4 Å². The first kappa shape index (κ1) is 9.90. The van der Waals surface area contributed by atoms with Gasteiger partial charge in [0.15, 0.2) is 0 Å². The highest BCUT2D eigenvalue weighted by molar-refractivity contribution is 5.92. The molecule has 0 saturated heterocycles. The van der Waals surface area contributed by atoms with E-state index in [-0.39, 0.29) is 11.8 Å². The summed E-state index contributed by atoms with van der Waals surface area (Å²) in [5.74, 6) is 0.225. The van der Waals surface area contributed by atoms with Gasteiger partial charge in [-0.25, -0.2) is 0 Å². The molecular weight excluding hydrogens is 188 g/mol. The summed E-state index contributed by atoms with van der Waals surface area (Å²) >= 11 is 0. The number of hydrogen-bond acceptors (Lipinski definition) is 2. The molecule has 1 aliphatic carbocycles. The van der Waals surface area contributed by atoms with Crippen LogP contribution in [0.25, 0.3) is 0 Å². The van der Waals surface area contributed by atoms with Gasteiger partial charge in [0.1, 0.15) is 0 Å². The van der Waals surface area contributed by atoms with Gasteiger partial charge in [-0.1, -0.05) is 12.2 Å². The minimum atomic E-state index is 0.104. The Morgan fingerprint density at radius 3 is 3.07 bits per heavy atom. The lowest BCUT2D eigenvalue weighted by atomic mass is 9.93. The lowest BCUT2D eigenvalue weighted by molar-refractivity contribution is -0.120. The third kappa shape index (κ3) is 2.65. The minimum Gasteiger partial charge on any atom is -0.324 e. The molecule has 1 N–H and O–H groups in total. The normalized spacial score (nSPS) is 19.9. The van der Waals surface area contributed by atoms with Gasteiger partial charge >= 0.3 is 0 Å². The number of carbonyl (C=O) groups excluding carboxylic acids is 1. The number of nitrogens with one attached hydrogen (secondary N) is 1. The molecule has 1 amide bonds. The molecule has 0 fully saturated rings. The molecule has 78 valence electrons. The standard InChI is InChI=1S/C12H14N2O/c15-12(10-5-2-1-3-6-10)14-11-7-4-8-13-9-11/h1-2,4,7-10H,3,5-6H2,(H,14,15)/t10-/m1/s1. The van der Waals surface area contributed by atoms with E-state index in [0.717, 1.165) is 24.9 Å². The van der Waals surface area contributed by atoms with E-state index in [0.29, 0.717) is 0 Å². The van der Waals surface area contributed by atoms with Crippen LogP contribution in [0.5, 0.6) is 0 Å². The molecule has 1 aliphatic rings. The molecule has 0 aliphatic heterocycles. The topological polar surface area (TPSA) is 42.0 Å². The van der Waals surface area contributed by atoms with E-state index in [1.165, 1.54) is 0 Å². The monoisotopic (exact) mass is 202 g/mol. The molecule has 1 atom stereocenters. The number of carbonyl (C=O) groups is 1. The van der Waals surface area contributed by atoms with Gasteiger partial charge < -0.3 is 5.32 Å². The molecule has 1 heterocycles. The predicted molar refractivity (Wildman–Crippen MR) is 59.3 cm³/mol. The number of pyridine rings is 1. The number of allylic oxidation sites excluding steroid dienone is 2. The number of hydrogen-bond donors (Lipinski definition) is 1. The summed E-state index contributed by atoms with van der Waals surface area (Å²) in [6.07, 6.45) is 10.4. The van der Waals surface area contributed by atoms with Gasteiger partial charge in [-0.05, 0) is 31.4 Å². The molecule has 15 heavy (non-hydrogen) atoms. The number of anilines is 1. The molecule has 1 aromatic rings. The second kappa shape index (κ2) is 4.73. The molecule has 1 aromatic heterocycles. The van der Waals surface area contributed by atoms with E-state index >= 15 is 0 Å². The molecule has 0 unspecified atom stereocenters. The highest BCUT2D eigenvalue weighted by Crippen LogP contribution is 2.19. The van der Waals surface area contributed by atoms with Crippen molar-refractivity contribution in [3.8, 4) is 0 Å². The van der Waals surface area contributed by atoms with E-state index in [1.807, 2.05) is 12.1 Å². The zero-order valence-corrected chi connectivity index (χ0v) is 8.52. The largest absolute Gasteiger partial charge is 0.324 e. The zero-order valence-electron chi connectivity index (χ0n) is 8.52. The first-order valence-electron chi connectivity index (χ1n) is 5.22. The molecular formula is C12H14N2O. The van der Waals surface area contributed by atoms with Crippen molar-refractivity contribution in [2.45, 2.75) is 19.3 Å². The fraction of sp³-hybridized carbons (Fsp3) is 0.333. The van der Waals surface area contributed by atoms with Gasteiger partial charge in [-0.3, -0.25) is 9.78 Å². The Labute approximate surface area is 89.2 Å². The van der Waals surface area contributed by atoms with E-state index in [2.05, 4.69) is 22.5 Å². The van der Waals surface area contributed by atoms with Crippen LogP contribution in [0.1, 0.15) is 19.3 Å². The van der Waals surface area contributed by atoms with Gasteiger partial charge in [0, 0.05) is 12.1 Å². The summed E-state index contributed by atoms with van der Waals surface area (Å²) in [5, 5.41) is 2.88. The predicted octanol–water partition coefficient (Wildman–Crippen LogP) is 2.38. The van der Waals surface area contributed by atoms with Crippen molar-refractivity contribution in [3.63, 3.8) is 0 Å². The second-order valence-corrected chi connectivity index (χ2v) is 3.71. The maximum absolute atomic E-state index is 11.8. The molecule has 0 aromatic carbocycles. The summed E-state index contributed by atoms with van der Waals surface area (Å²) < 4.78 is 0. The first-order valence-corrected chi connectivity index (χ1v) is 5.22. The summed E-state index contributed by atoms with van der Waals surface area (Å²) in [5.41, 5.74) is 0.775. The molecule has 0 radical (unpaired) electrons. The number of nitrogens with zero attached hydrogens (tertiary/aromatic N) is 1. The Morgan fingerprint density at radius 1 is 1.47 bits per heavy atom. The summed E-state index contributed by atoms with van der Waals surface area (Å²) in [4.78, 5) is 15.7. The van der Waals surface area contributed by atoms with Crippen LogP contribution < -0.4 is 5.32 Å². The number of aromatic nitrogens is 1. The fourth-order valence-electron chi connectivity index (χ4n) is 1.71. The van der Waals surface area contributed by atoms with Crippen LogP contribution in [0.4, 0.5) is 5.69 Å². The summed E-state index contributed by atoms with van der Waals surface area (Å²) in [6, 6.07) is 3.67. The lowest BCUT2D eigenvalue weighted by Crippen LogP contribution is -2.23. The maximum Gasteiger partial charge on any atom is 0.227 e. The Balaban J connectivity index is 1.95. The summed E-state index contributed by atoms with van der Waals surface area (Å²) in [6.45, 7) is 0. The van der Waals surface area contributed by atoms with Crippen molar-refractivity contribution < 1.29 is 4.79 Å². The van der Waals surface area contributed by atoms with Gasteiger partial charge in [-0.2, -0.15) is 0 Å². The van der Waals surface area contributed by atoms with Crippen molar-refractivity contribution in [3.05, 3.63) is 36.7 Å². The Morgan fingerprint density at radius 2 is 2.40 bits per heavy atom. The Bertz CT molecular complexity index is 359. The highest BCUT2D eigenvalue weighted by Gasteiger charge is 2.18. The van der Waals surface area contributed by atoms with Crippen LogP contribution in [0.2, 0.25) is 0 Å². The van der Waals surface area contributed by atoms with Crippen LogP contribution >= 0.6 is 0 Å². The van der Waals surface area contributed by atoms with Gasteiger partial charge in [0.05, 0.1) is 11.9 Å². The first-order chi connectivity index (χ1) is 7.36. The van der Waals surface area contributed by atoms with Gasteiger partial charge in [0.2, 0.25) is 5.91 Å². The number of rotatable bonds is 2. The quantitative estimate of drug-likeness (QED) is 0.748. The molecule has 0 bridgehead atoms. The molecule has 3 nitrogen and oxygen atoms in total. The van der Waals surface area contributed by atoms with Crippen LogP contribution in [0.15, 0.2) is 36.7 Å². The third-order valence-electron chi connectivity index (χ3n) is 2.57. The van der Waals surface area contributed by atoms with Gasteiger partial charge in [0.25, 0.3) is 0 Å². The lowest BCUT2D eigenvalue weighted by Gasteiger charge is -2.16. The van der Waals surface area contributed by atoms with Gasteiger partial charge in [-0.15, -0.1) is 0 Å². The smallest absolute Gasteiger partial charge is 0.227 e. The van der Waals surface area contributed by atoms with E-state index in [4.69, 9.17) is 0 Å². The molecule has 2 rings (SSSR count). The average molecular weight is 202 g/mol. The van der Waals surface area contributed by atoms with Crippen LogP contribution in [0, 0.1) is 5.92 Å². The maximum atomic E-state index is 11.8. The van der Waals surface area contributed by atoms with Crippen LogP contribution in [-0.2, 0) is 4.79 Å².